The number of rotatable bonds is 6. The Morgan fingerprint density at radius 2 is 2.15 bits per heavy atom. The Kier molecular flexibility index (Phi) is 4.22. The molecule has 0 aliphatic rings. The van der Waals surface area contributed by atoms with Gasteiger partial charge in [-0.25, -0.2) is 8.42 Å². The molecule has 1 aromatic carbocycles. The van der Waals surface area contributed by atoms with Gasteiger partial charge in [-0.15, -0.1) is 0 Å². The van der Waals surface area contributed by atoms with E-state index in [4.69, 9.17) is 0 Å². The van der Waals surface area contributed by atoms with Crippen LogP contribution in [0, 0.1) is 0 Å². The number of aryl methyl sites for hydroxylation is 1. The van der Waals surface area contributed by atoms with Crippen molar-refractivity contribution in [2.24, 2.45) is 0 Å². The van der Waals surface area contributed by atoms with E-state index in [1.54, 1.807) is 10.7 Å². The number of hydrogen-bond donors (Lipinski definition) is 0. The van der Waals surface area contributed by atoms with Gasteiger partial charge in [-0.2, -0.15) is 13.9 Å². The monoisotopic (exact) mass is 304 g/mol. The number of halogens is 2. The largest absolute Gasteiger partial charge is 0.435 e. The number of sulfone groups is 1. The summed E-state index contributed by atoms with van der Waals surface area (Å²) in [6.45, 7) is -2.41. The highest BCUT2D eigenvalue weighted by molar-refractivity contribution is 7.90. The number of ether oxygens (including phenoxy) is 1. The topological polar surface area (TPSA) is 61.2 Å². The highest BCUT2D eigenvalue weighted by atomic mass is 32.2. The number of nitrogens with zero attached hydrogens (tertiary/aromatic N) is 2. The van der Waals surface area contributed by atoms with Gasteiger partial charge in [-0.05, 0) is 24.6 Å². The zero-order valence-corrected chi connectivity index (χ0v) is 11.6. The molecule has 110 valence electrons. The summed E-state index contributed by atoms with van der Waals surface area (Å²) in [5, 5.41) is 4.78. The number of alkyl halides is 2. The average molecular weight is 304 g/mol. The fourth-order valence-corrected chi connectivity index (χ4v) is 2.55. The molecule has 0 amide bonds. The van der Waals surface area contributed by atoms with Crippen molar-refractivity contribution in [3.8, 4) is 5.75 Å². The normalized spacial score (nSPS) is 12.2. The third kappa shape index (κ3) is 3.89. The molecule has 0 atom stereocenters. The number of aromatic nitrogens is 2. The van der Waals surface area contributed by atoms with E-state index in [1.165, 1.54) is 24.6 Å². The van der Waals surface area contributed by atoms with Gasteiger partial charge in [0.05, 0.1) is 17.5 Å². The summed E-state index contributed by atoms with van der Waals surface area (Å²) in [7, 11) is -3.00. The van der Waals surface area contributed by atoms with E-state index in [2.05, 4.69) is 9.84 Å². The van der Waals surface area contributed by atoms with Crippen molar-refractivity contribution in [2.75, 3.05) is 12.0 Å². The molecule has 2 aromatic rings. The quantitative estimate of drug-likeness (QED) is 0.819. The molecular weight excluding hydrogens is 290 g/mol. The van der Waals surface area contributed by atoms with Gasteiger partial charge in [0.15, 0.2) is 0 Å². The maximum absolute atomic E-state index is 12.1. The van der Waals surface area contributed by atoms with Gasteiger partial charge in [0.1, 0.15) is 15.6 Å². The Balaban J connectivity index is 2.12. The van der Waals surface area contributed by atoms with E-state index < -0.39 is 16.4 Å². The minimum Gasteiger partial charge on any atom is -0.435 e. The Morgan fingerprint density at radius 1 is 1.40 bits per heavy atom. The summed E-state index contributed by atoms with van der Waals surface area (Å²) in [6.07, 6.45) is 3.17. The van der Waals surface area contributed by atoms with Crippen LogP contribution in [0.2, 0.25) is 0 Å². The standard InChI is InChI=1S/C12H14F2N2O3S/c1-20(17,18)6-2-5-16-11-4-3-10(19-12(13)14)7-9(11)8-15-16/h3-4,7-8,12H,2,5-6H2,1H3. The van der Waals surface area contributed by atoms with Crippen molar-refractivity contribution < 1.29 is 21.9 Å². The van der Waals surface area contributed by atoms with Crippen LogP contribution in [-0.4, -0.2) is 36.8 Å². The molecule has 0 unspecified atom stereocenters. The zero-order valence-electron chi connectivity index (χ0n) is 10.8. The van der Waals surface area contributed by atoms with Crippen LogP contribution in [0.1, 0.15) is 6.42 Å². The van der Waals surface area contributed by atoms with Gasteiger partial charge in [-0.1, -0.05) is 0 Å². The molecule has 0 saturated heterocycles. The van der Waals surface area contributed by atoms with E-state index in [0.717, 1.165) is 5.52 Å². The van der Waals surface area contributed by atoms with Gasteiger partial charge in [0, 0.05) is 18.2 Å². The summed E-state index contributed by atoms with van der Waals surface area (Å²) in [6, 6.07) is 4.53. The van der Waals surface area contributed by atoms with Crippen LogP contribution in [0.25, 0.3) is 10.9 Å². The van der Waals surface area contributed by atoms with Gasteiger partial charge in [0.25, 0.3) is 0 Å². The molecule has 0 saturated carbocycles. The van der Waals surface area contributed by atoms with Crippen molar-refractivity contribution >= 4 is 20.7 Å². The number of fused-ring (bicyclic) bond motifs is 1. The van der Waals surface area contributed by atoms with Crippen LogP contribution in [0.4, 0.5) is 8.78 Å². The van der Waals surface area contributed by atoms with Crippen molar-refractivity contribution in [3.05, 3.63) is 24.4 Å². The Bertz CT molecular complexity index is 698. The molecule has 1 aromatic heterocycles. The predicted octanol–water partition coefficient (Wildman–Crippen LogP) is 2.07. The molecule has 0 N–H and O–H groups in total. The third-order valence-electron chi connectivity index (χ3n) is 2.72. The van der Waals surface area contributed by atoms with E-state index in [9.17, 15) is 17.2 Å². The fourth-order valence-electron chi connectivity index (χ4n) is 1.90. The molecule has 0 aliphatic carbocycles. The second kappa shape index (κ2) is 5.74. The van der Waals surface area contributed by atoms with Gasteiger partial charge < -0.3 is 4.74 Å². The molecule has 2 rings (SSSR count). The van der Waals surface area contributed by atoms with Crippen molar-refractivity contribution in [2.45, 2.75) is 19.6 Å². The van der Waals surface area contributed by atoms with E-state index in [-0.39, 0.29) is 11.5 Å². The first-order chi connectivity index (χ1) is 9.35. The highest BCUT2D eigenvalue weighted by Gasteiger charge is 2.09. The lowest BCUT2D eigenvalue weighted by Gasteiger charge is -2.05. The number of benzene rings is 1. The lowest BCUT2D eigenvalue weighted by atomic mass is 10.2. The highest BCUT2D eigenvalue weighted by Crippen LogP contribution is 2.22. The van der Waals surface area contributed by atoms with Crippen molar-refractivity contribution in [1.82, 2.24) is 9.78 Å². The van der Waals surface area contributed by atoms with Crippen molar-refractivity contribution in [1.29, 1.82) is 0 Å². The predicted molar refractivity (Wildman–Crippen MR) is 70.7 cm³/mol. The minimum atomic E-state index is -3.00. The van der Waals surface area contributed by atoms with Crippen LogP contribution in [0.15, 0.2) is 24.4 Å². The van der Waals surface area contributed by atoms with Crippen LogP contribution in [0.5, 0.6) is 5.75 Å². The van der Waals surface area contributed by atoms with Gasteiger partial charge >= 0.3 is 6.61 Å². The summed E-state index contributed by atoms with van der Waals surface area (Å²) in [4.78, 5) is 0. The van der Waals surface area contributed by atoms with Crippen LogP contribution >= 0.6 is 0 Å². The molecule has 0 bridgehead atoms. The molecule has 0 aliphatic heterocycles. The zero-order chi connectivity index (χ0) is 14.8. The molecule has 20 heavy (non-hydrogen) atoms. The van der Waals surface area contributed by atoms with Crippen LogP contribution in [-0.2, 0) is 16.4 Å². The Morgan fingerprint density at radius 3 is 2.80 bits per heavy atom. The third-order valence-corrected chi connectivity index (χ3v) is 3.75. The van der Waals surface area contributed by atoms with E-state index in [0.29, 0.717) is 18.4 Å². The average Bonchev–Trinajstić information content (AvgIpc) is 2.69. The minimum absolute atomic E-state index is 0.0724. The summed E-state index contributed by atoms with van der Waals surface area (Å²) in [5.41, 5.74) is 0.750. The lowest BCUT2D eigenvalue weighted by Crippen LogP contribution is -2.08. The van der Waals surface area contributed by atoms with E-state index in [1.807, 2.05) is 0 Å². The van der Waals surface area contributed by atoms with Gasteiger partial charge in [-0.3, -0.25) is 4.68 Å². The smallest absolute Gasteiger partial charge is 0.387 e. The SMILES string of the molecule is CS(=O)(=O)CCCn1ncc2cc(OC(F)F)ccc21. The van der Waals surface area contributed by atoms with E-state index >= 15 is 0 Å². The fraction of sp³-hybridized carbons (Fsp3) is 0.417. The molecule has 8 heteroatoms. The second-order valence-electron chi connectivity index (χ2n) is 4.45. The second-order valence-corrected chi connectivity index (χ2v) is 6.71. The molecule has 1 heterocycles. The molecule has 0 radical (unpaired) electrons. The summed E-state index contributed by atoms with van der Waals surface area (Å²) in [5.74, 6) is 0.157. The molecular formula is C12H14F2N2O3S. The first kappa shape index (κ1) is 14.7. The maximum Gasteiger partial charge on any atom is 0.387 e. The Hall–Kier alpha value is -1.70. The van der Waals surface area contributed by atoms with Crippen molar-refractivity contribution in [3.63, 3.8) is 0 Å². The van der Waals surface area contributed by atoms with Crippen LogP contribution < -0.4 is 4.74 Å². The Labute approximate surface area is 115 Å². The van der Waals surface area contributed by atoms with Crippen LogP contribution in [0.3, 0.4) is 0 Å². The maximum atomic E-state index is 12.1. The molecule has 0 fully saturated rings. The van der Waals surface area contributed by atoms with Gasteiger partial charge in [0.2, 0.25) is 0 Å². The first-order valence-electron chi connectivity index (χ1n) is 5.93. The lowest BCUT2D eigenvalue weighted by molar-refractivity contribution is -0.0497. The summed E-state index contributed by atoms with van der Waals surface area (Å²) >= 11 is 0. The molecule has 5 nitrogen and oxygen atoms in total. The number of hydrogen-bond acceptors (Lipinski definition) is 4. The first-order valence-corrected chi connectivity index (χ1v) is 7.99. The summed E-state index contributed by atoms with van der Waals surface area (Å²) < 4.78 is 52.3. The molecule has 0 spiro atoms.